The molecular weight excluding hydrogens is 492 g/mol. The molecule has 12 N–H and O–H groups in total. The van der Waals surface area contributed by atoms with Crippen LogP contribution in [0.3, 0.4) is 0 Å². The van der Waals surface area contributed by atoms with Gasteiger partial charge in [-0.2, -0.15) is 0 Å². The Morgan fingerprint density at radius 3 is 0.795 bits per heavy atom. The van der Waals surface area contributed by atoms with Crippen molar-refractivity contribution in [1.82, 2.24) is 0 Å². The Morgan fingerprint density at radius 2 is 0.641 bits per heavy atom. The summed E-state index contributed by atoms with van der Waals surface area (Å²) in [6.07, 6.45) is 24.2. The van der Waals surface area contributed by atoms with Gasteiger partial charge in [0.25, 0.3) is 0 Å². The third-order valence-corrected chi connectivity index (χ3v) is 4.16. The minimum absolute atomic E-state index is 0.781. The zero-order chi connectivity index (χ0) is 31.1. The van der Waals surface area contributed by atoms with Gasteiger partial charge in [0.05, 0.1) is 19.6 Å². The van der Waals surface area contributed by atoms with E-state index in [1.54, 1.807) is 53.4 Å². The number of hydrogen-bond acceptors (Lipinski definition) is 6. The van der Waals surface area contributed by atoms with Crippen LogP contribution >= 0.6 is 0 Å². The first kappa shape index (κ1) is 49.9. The molecule has 0 radical (unpaired) electrons. The van der Waals surface area contributed by atoms with Gasteiger partial charge in [0.2, 0.25) is 0 Å². The van der Waals surface area contributed by atoms with E-state index in [-0.39, 0.29) is 0 Å². The Labute approximate surface area is 241 Å². The van der Waals surface area contributed by atoms with Crippen LogP contribution in [0.1, 0.15) is 97.8 Å². The van der Waals surface area contributed by atoms with Gasteiger partial charge in [-0.15, -0.1) is 19.7 Å². The quantitative estimate of drug-likeness (QED) is 0.0694. The lowest BCUT2D eigenvalue weighted by atomic mass is 10.2. The molecule has 9 heteroatoms. The van der Waals surface area contributed by atoms with Crippen molar-refractivity contribution in [2.45, 2.75) is 97.8 Å². The summed E-state index contributed by atoms with van der Waals surface area (Å²) in [5, 5.41) is 4.63. The smallest absolute Gasteiger partial charge is 0.0556 e. The predicted molar refractivity (Wildman–Crippen MR) is 168 cm³/mol. The van der Waals surface area contributed by atoms with Crippen LogP contribution in [0, 0.1) is 0 Å². The highest BCUT2D eigenvalue weighted by Gasteiger charge is 1.88. The second kappa shape index (κ2) is 70.6. The molecule has 0 fully saturated rings. The maximum Gasteiger partial charge on any atom is 0.0556 e. The molecular formula is C30H66N6O3. The summed E-state index contributed by atoms with van der Waals surface area (Å²) in [5.74, 6) is 0. The maximum atomic E-state index is 9.69. The van der Waals surface area contributed by atoms with E-state index in [2.05, 4.69) is 19.7 Å². The Bertz CT molecular complexity index is 377. The van der Waals surface area contributed by atoms with E-state index in [1.807, 2.05) is 20.8 Å². The summed E-state index contributed by atoms with van der Waals surface area (Å²) in [7, 11) is 0. The summed E-state index contributed by atoms with van der Waals surface area (Å²) in [6.45, 7) is 20.7. The van der Waals surface area contributed by atoms with Crippen LogP contribution in [-0.2, 0) is 14.4 Å². The van der Waals surface area contributed by atoms with Crippen LogP contribution in [0.5, 0.6) is 0 Å². The van der Waals surface area contributed by atoms with E-state index >= 15 is 0 Å². The van der Waals surface area contributed by atoms with Crippen LogP contribution < -0.4 is 33.2 Å². The second-order valence-electron chi connectivity index (χ2n) is 8.17. The van der Waals surface area contributed by atoms with Crippen molar-refractivity contribution in [2.24, 2.45) is 17.2 Å². The van der Waals surface area contributed by atoms with Crippen LogP contribution in [0.25, 0.3) is 0 Å². The van der Waals surface area contributed by atoms with Gasteiger partial charge < -0.3 is 47.5 Å². The van der Waals surface area contributed by atoms with Gasteiger partial charge >= 0.3 is 0 Å². The molecule has 0 rings (SSSR count). The number of nitrogens with two attached hydrogens (primary N) is 6. The van der Waals surface area contributed by atoms with E-state index in [4.69, 9.17) is 17.2 Å². The van der Waals surface area contributed by atoms with E-state index in [9.17, 15) is 14.4 Å². The first-order valence-corrected chi connectivity index (χ1v) is 14.4. The fourth-order valence-corrected chi connectivity index (χ4v) is 2.41. The number of carbonyl (C=O) groups excluding carboxylic acids is 3. The predicted octanol–water partition coefficient (Wildman–Crippen LogP) is 0.985. The van der Waals surface area contributed by atoms with Gasteiger partial charge in [-0.1, -0.05) is 37.5 Å². The lowest BCUT2D eigenvalue weighted by Gasteiger charge is -1.99. The zero-order valence-electron chi connectivity index (χ0n) is 25.8. The van der Waals surface area contributed by atoms with Crippen molar-refractivity contribution < 1.29 is 30.3 Å². The van der Waals surface area contributed by atoms with Crippen molar-refractivity contribution in [3.05, 3.63) is 38.0 Å². The van der Waals surface area contributed by atoms with E-state index in [0.717, 1.165) is 77.8 Å². The minimum Gasteiger partial charge on any atom is -0.475 e. The number of amides is 3. The van der Waals surface area contributed by atoms with E-state index < -0.39 is 0 Å². The highest BCUT2D eigenvalue weighted by Crippen LogP contribution is 1.96. The Morgan fingerprint density at radius 1 is 0.462 bits per heavy atom. The van der Waals surface area contributed by atoms with Crippen LogP contribution in [0.4, 0.5) is 0 Å². The standard InChI is InChI=1S/3C7H16N2O.3C3H6/c3*8-5-3-1-2-4-6-9-7-10;3*1-3-2/h3*1-6,8-9H2;3*3H,1H2,2H3. The number of primary amides is 3. The first-order chi connectivity index (χ1) is 19.0. The lowest BCUT2D eigenvalue weighted by Crippen LogP contribution is -2.82. The van der Waals surface area contributed by atoms with Gasteiger partial charge in [0, 0.05) is 0 Å². The molecule has 0 heterocycles. The molecule has 0 aliphatic carbocycles. The molecule has 0 aromatic rings. The molecule has 3 amide bonds. The number of unbranched alkanes of at least 4 members (excludes halogenated alkanes) is 9. The average molecular weight is 559 g/mol. The first-order valence-electron chi connectivity index (χ1n) is 14.4. The fraction of sp³-hybridized carbons (Fsp3) is 0.700. The highest BCUT2D eigenvalue weighted by atomic mass is 16.1. The maximum absolute atomic E-state index is 9.69. The fourth-order valence-electron chi connectivity index (χ4n) is 2.41. The molecule has 0 unspecified atom stereocenters. The Kier molecular flexibility index (Phi) is 90.3. The molecule has 0 aliphatic rings. The highest BCUT2D eigenvalue weighted by molar-refractivity contribution is 5.33. The molecule has 9 nitrogen and oxygen atoms in total. The average Bonchev–Trinajstić information content (AvgIpc) is 2.92. The number of allylic oxidation sites excluding steroid dienone is 3. The summed E-state index contributed by atoms with van der Waals surface area (Å²) < 4.78 is 0. The summed E-state index contributed by atoms with van der Waals surface area (Å²) in [6, 6.07) is 0. The lowest BCUT2D eigenvalue weighted by molar-refractivity contribution is -0.538. The molecule has 234 valence electrons. The van der Waals surface area contributed by atoms with Crippen LogP contribution in [0.15, 0.2) is 38.0 Å². The van der Waals surface area contributed by atoms with Gasteiger partial charge in [-0.25, -0.2) is 0 Å². The minimum atomic E-state index is 0.781. The largest absolute Gasteiger partial charge is 0.475 e. The van der Waals surface area contributed by atoms with Crippen molar-refractivity contribution in [3.8, 4) is 0 Å². The molecule has 0 aromatic carbocycles. The number of hydrogen-bond donors (Lipinski definition) is 6. The van der Waals surface area contributed by atoms with Gasteiger partial charge in [0.1, 0.15) is 0 Å². The molecule has 0 spiro atoms. The van der Waals surface area contributed by atoms with Crippen molar-refractivity contribution >= 4 is 19.2 Å². The third-order valence-electron chi connectivity index (χ3n) is 4.16. The molecule has 0 bridgehead atoms. The van der Waals surface area contributed by atoms with E-state index in [1.165, 1.54) is 38.5 Å². The Hall–Kier alpha value is -2.01. The SMILES string of the molecule is C=CC.C=CC.C=CC.NCCCCCC[NH2+][C-]=O.NCCCCCC[NH2+][C-]=O.NCCCCCC[NH2+][C-]=O. The second-order valence-corrected chi connectivity index (χ2v) is 8.17. The van der Waals surface area contributed by atoms with Crippen LogP contribution in [-0.4, -0.2) is 58.5 Å². The normalized spacial score (nSPS) is 8.46. The van der Waals surface area contributed by atoms with Crippen molar-refractivity contribution in [3.63, 3.8) is 0 Å². The molecule has 39 heavy (non-hydrogen) atoms. The van der Waals surface area contributed by atoms with Crippen LogP contribution in [0.2, 0.25) is 0 Å². The van der Waals surface area contributed by atoms with Gasteiger partial charge in [0.15, 0.2) is 0 Å². The van der Waals surface area contributed by atoms with Gasteiger partial charge in [-0.3, -0.25) is 0 Å². The van der Waals surface area contributed by atoms with Crippen molar-refractivity contribution in [2.75, 3.05) is 39.3 Å². The van der Waals surface area contributed by atoms with Gasteiger partial charge in [-0.05, 0) is 117 Å². The molecule has 0 saturated carbocycles. The summed E-state index contributed by atoms with van der Waals surface area (Å²) in [5.41, 5.74) is 15.9. The molecule has 0 aromatic heterocycles. The summed E-state index contributed by atoms with van der Waals surface area (Å²) in [4.78, 5) is 29.1. The third kappa shape index (κ3) is 115. The van der Waals surface area contributed by atoms with E-state index in [0.29, 0.717) is 0 Å². The number of rotatable bonds is 21. The Balaban J connectivity index is -0.0000000906. The summed E-state index contributed by atoms with van der Waals surface area (Å²) >= 11 is 0. The molecule has 0 atom stereocenters. The van der Waals surface area contributed by atoms with Crippen molar-refractivity contribution in [1.29, 1.82) is 0 Å². The number of quaternary nitrogens is 3. The zero-order valence-corrected chi connectivity index (χ0v) is 25.8. The monoisotopic (exact) mass is 559 g/mol. The molecule has 0 saturated heterocycles. The topological polar surface area (TPSA) is 179 Å². The molecule has 0 aliphatic heterocycles.